The fourth-order valence-electron chi connectivity index (χ4n) is 4.90. The zero-order valence-corrected chi connectivity index (χ0v) is 18.0. The third-order valence-corrected chi connectivity index (χ3v) is 6.86. The number of carbonyl (C=O) groups is 1. The Morgan fingerprint density at radius 2 is 1.90 bits per heavy atom. The van der Waals surface area contributed by atoms with Crippen molar-refractivity contribution in [3.63, 3.8) is 0 Å². The third-order valence-electron chi connectivity index (χ3n) is 6.86. The normalized spacial score (nSPS) is 19.8. The lowest BCUT2D eigenvalue weighted by atomic mass is 9.88. The number of hydrogen-bond donors (Lipinski definition) is 0. The van der Waals surface area contributed by atoms with Crippen LogP contribution in [-0.4, -0.2) is 69.8 Å². The summed E-state index contributed by atoms with van der Waals surface area (Å²) in [6.45, 7) is 4.45. The van der Waals surface area contributed by atoms with Crippen molar-refractivity contribution in [2.45, 2.75) is 38.1 Å². The van der Waals surface area contributed by atoms with Gasteiger partial charge in [-0.15, -0.1) is 0 Å². The van der Waals surface area contributed by atoms with Crippen LogP contribution < -0.4 is 0 Å². The molecule has 0 spiro atoms. The molecule has 2 fully saturated rings. The van der Waals surface area contributed by atoms with Gasteiger partial charge < -0.3 is 14.2 Å². The maximum Gasteiger partial charge on any atom is 0.181 e. The number of carbonyl (C=O) groups excluding carboxylic acids is 1. The van der Waals surface area contributed by atoms with Crippen molar-refractivity contribution >= 4 is 16.7 Å². The van der Waals surface area contributed by atoms with Crippen LogP contribution in [0.4, 0.5) is 0 Å². The smallest absolute Gasteiger partial charge is 0.181 e. The van der Waals surface area contributed by atoms with E-state index < -0.39 is 0 Å². The van der Waals surface area contributed by atoms with E-state index in [1.54, 1.807) is 12.4 Å². The molecule has 0 atom stereocenters. The number of rotatable bonds is 5. The summed E-state index contributed by atoms with van der Waals surface area (Å²) in [6.07, 6.45) is 9.66. The van der Waals surface area contributed by atoms with Crippen LogP contribution in [0.25, 0.3) is 22.4 Å². The highest BCUT2D eigenvalue weighted by molar-refractivity contribution is 5.85. The number of nitrogens with zero attached hydrogens (tertiary/aromatic N) is 5. The van der Waals surface area contributed by atoms with Crippen LogP contribution >= 0.6 is 0 Å². The lowest BCUT2D eigenvalue weighted by Gasteiger charge is -2.40. The van der Waals surface area contributed by atoms with Crippen molar-refractivity contribution in [3.05, 3.63) is 42.7 Å². The van der Waals surface area contributed by atoms with E-state index in [0.717, 1.165) is 48.2 Å². The van der Waals surface area contributed by atoms with E-state index in [1.165, 1.54) is 32.3 Å². The molecule has 2 aliphatic heterocycles. The van der Waals surface area contributed by atoms with Crippen molar-refractivity contribution in [2.24, 2.45) is 5.92 Å². The standard InChI is InChI=1S/C24H29N5O2/c1-28-8-6-20(7-9-28)29-10-4-17(5-11-29)23(30)13-19-12-22-18(14-26-19)2-3-21(27-22)24-15-25-16-31-24/h2-3,12,14-17,20H,4-11,13H2,1H3. The van der Waals surface area contributed by atoms with Crippen LogP contribution in [0.1, 0.15) is 31.4 Å². The second-order valence-corrected chi connectivity index (χ2v) is 8.92. The maximum absolute atomic E-state index is 13.0. The average molecular weight is 420 g/mol. The van der Waals surface area contributed by atoms with E-state index in [1.807, 2.05) is 18.2 Å². The molecule has 5 rings (SSSR count). The summed E-state index contributed by atoms with van der Waals surface area (Å²) >= 11 is 0. The predicted molar refractivity (Wildman–Crippen MR) is 119 cm³/mol. The monoisotopic (exact) mass is 419 g/mol. The van der Waals surface area contributed by atoms with E-state index >= 15 is 0 Å². The zero-order valence-electron chi connectivity index (χ0n) is 18.0. The molecule has 3 aromatic rings. The summed E-state index contributed by atoms with van der Waals surface area (Å²) in [4.78, 5) is 31.1. The van der Waals surface area contributed by atoms with Gasteiger partial charge in [-0.25, -0.2) is 9.97 Å². The van der Waals surface area contributed by atoms with Gasteiger partial charge in [-0.1, -0.05) is 0 Å². The number of likely N-dealkylation sites (tertiary alicyclic amines) is 2. The number of Topliss-reactive ketones (excluding diaryl/α,β-unsaturated/α-hetero) is 1. The minimum Gasteiger partial charge on any atom is -0.442 e. The first kappa shape index (κ1) is 20.3. The summed E-state index contributed by atoms with van der Waals surface area (Å²) in [5.41, 5.74) is 2.34. The van der Waals surface area contributed by atoms with Gasteiger partial charge in [0.05, 0.1) is 11.7 Å². The van der Waals surface area contributed by atoms with Crippen LogP contribution in [0, 0.1) is 5.92 Å². The molecule has 3 aromatic heterocycles. The minimum absolute atomic E-state index is 0.147. The van der Waals surface area contributed by atoms with Gasteiger partial charge >= 0.3 is 0 Å². The number of ketones is 1. The molecule has 0 radical (unpaired) electrons. The Morgan fingerprint density at radius 1 is 1.10 bits per heavy atom. The summed E-state index contributed by atoms with van der Waals surface area (Å²) < 4.78 is 5.35. The van der Waals surface area contributed by atoms with Crippen LogP contribution in [-0.2, 0) is 11.2 Å². The molecule has 2 aliphatic rings. The van der Waals surface area contributed by atoms with E-state index in [-0.39, 0.29) is 5.92 Å². The molecule has 31 heavy (non-hydrogen) atoms. The Kier molecular flexibility index (Phi) is 5.78. The summed E-state index contributed by atoms with van der Waals surface area (Å²) in [5.74, 6) is 1.09. The molecule has 162 valence electrons. The van der Waals surface area contributed by atoms with E-state index in [0.29, 0.717) is 24.0 Å². The molecular weight excluding hydrogens is 390 g/mol. The second-order valence-electron chi connectivity index (χ2n) is 8.92. The van der Waals surface area contributed by atoms with Crippen LogP contribution in [0.5, 0.6) is 0 Å². The van der Waals surface area contributed by atoms with Crippen LogP contribution in [0.15, 0.2) is 41.4 Å². The molecule has 0 saturated carbocycles. The quantitative estimate of drug-likeness (QED) is 0.629. The molecule has 0 bridgehead atoms. The van der Waals surface area contributed by atoms with Gasteiger partial charge in [0.25, 0.3) is 0 Å². The van der Waals surface area contributed by atoms with Gasteiger partial charge in [0.2, 0.25) is 0 Å². The van der Waals surface area contributed by atoms with Gasteiger partial charge in [-0.3, -0.25) is 9.78 Å². The van der Waals surface area contributed by atoms with Crippen molar-refractivity contribution in [3.8, 4) is 11.5 Å². The van der Waals surface area contributed by atoms with Gasteiger partial charge in [-0.05, 0) is 77.1 Å². The fraction of sp³-hybridized carbons (Fsp3) is 0.500. The average Bonchev–Trinajstić information content (AvgIpc) is 3.34. The number of hydrogen-bond acceptors (Lipinski definition) is 7. The van der Waals surface area contributed by atoms with Crippen molar-refractivity contribution in [2.75, 3.05) is 33.2 Å². The third kappa shape index (κ3) is 4.52. The van der Waals surface area contributed by atoms with Gasteiger partial charge in [0, 0.05) is 35.7 Å². The Labute approximate surface area is 182 Å². The van der Waals surface area contributed by atoms with E-state index in [9.17, 15) is 4.79 Å². The van der Waals surface area contributed by atoms with Crippen molar-refractivity contribution in [1.82, 2.24) is 24.8 Å². The van der Waals surface area contributed by atoms with Gasteiger partial charge in [-0.2, -0.15) is 0 Å². The molecule has 0 aromatic carbocycles. The summed E-state index contributed by atoms with van der Waals surface area (Å²) in [5, 5.41) is 0.950. The first-order valence-electron chi connectivity index (χ1n) is 11.3. The molecule has 0 N–H and O–H groups in total. The Bertz CT molecular complexity index is 1040. The molecule has 7 heteroatoms. The highest BCUT2D eigenvalue weighted by Gasteiger charge is 2.30. The first-order valence-corrected chi connectivity index (χ1v) is 11.3. The maximum atomic E-state index is 13.0. The molecule has 0 unspecified atom stereocenters. The number of pyridine rings is 2. The minimum atomic E-state index is 0.147. The molecule has 2 saturated heterocycles. The van der Waals surface area contributed by atoms with E-state index in [2.05, 4.69) is 31.8 Å². The Morgan fingerprint density at radius 3 is 2.65 bits per heavy atom. The summed E-state index contributed by atoms with van der Waals surface area (Å²) in [7, 11) is 2.20. The second kappa shape index (κ2) is 8.85. The predicted octanol–water partition coefficient (Wildman–Crippen LogP) is 3.20. The number of fused-ring (bicyclic) bond motifs is 1. The van der Waals surface area contributed by atoms with E-state index in [4.69, 9.17) is 4.42 Å². The van der Waals surface area contributed by atoms with Gasteiger partial charge in [0.15, 0.2) is 12.2 Å². The molecule has 7 nitrogen and oxygen atoms in total. The number of aromatic nitrogens is 3. The van der Waals surface area contributed by atoms with Gasteiger partial charge in [0.1, 0.15) is 11.5 Å². The Balaban J connectivity index is 1.21. The Hall–Kier alpha value is -2.64. The highest BCUT2D eigenvalue weighted by atomic mass is 16.3. The number of piperidine rings is 2. The van der Waals surface area contributed by atoms with Crippen molar-refractivity contribution in [1.29, 1.82) is 0 Å². The fourth-order valence-corrected chi connectivity index (χ4v) is 4.90. The lowest BCUT2D eigenvalue weighted by Crippen LogP contribution is -2.47. The first-order chi connectivity index (χ1) is 15.2. The largest absolute Gasteiger partial charge is 0.442 e. The van der Waals surface area contributed by atoms with Crippen LogP contribution in [0.3, 0.4) is 0 Å². The zero-order chi connectivity index (χ0) is 21.2. The topological polar surface area (TPSA) is 75.4 Å². The molecular formula is C24H29N5O2. The molecule has 0 amide bonds. The SMILES string of the molecule is CN1CCC(N2CCC(C(=O)Cc3cc4nc(-c5cnco5)ccc4cn3)CC2)CC1. The number of oxazole rings is 1. The molecule has 0 aliphatic carbocycles. The lowest BCUT2D eigenvalue weighted by molar-refractivity contribution is -0.124. The summed E-state index contributed by atoms with van der Waals surface area (Å²) in [6, 6.07) is 6.49. The van der Waals surface area contributed by atoms with Crippen LogP contribution in [0.2, 0.25) is 0 Å². The highest BCUT2D eigenvalue weighted by Crippen LogP contribution is 2.26. The van der Waals surface area contributed by atoms with Crippen molar-refractivity contribution < 1.29 is 9.21 Å². The molecule has 5 heterocycles.